The number of carbonyl (C=O) groups excluding carboxylic acids is 2. The van der Waals surface area contributed by atoms with E-state index in [4.69, 9.17) is 0 Å². The summed E-state index contributed by atoms with van der Waals surface area (Å²) in [4.78, 5) is 38.7. The number of nitro groups is 1. The Bertz CT molecular complexity index is 1100. The maximum Gasteiger partial charge on any atom is 0.269 e. The monoisotopic (exact) mass is 405 g/mol. The highest BCUT2D eigenvalue weighted by atomic mass is 16.6. The van der Waals surface area contributed by atoms with Crippen LogP contribution in [0.3, 0.4) is 0 Å². The van der Waals surface area contributed by atoms with Crippen molar-refractivity contribution >= 4 is 28.8 Å². The fourth-order valence-corrected chi connectivity index (χ4v) is 4.46. The number of allylic oxidation sites excluding steroid dienone is 1. The van der Waals surface area contributed by atoms with Crippen LogP contribution in [-0.2, 0) is 9.59 Å². The molecule has 2 aromatic carbocycles. The highest BCUT2D eigenvalue weighted by Gasteiger charge is 2.42. The summed E-state index contributed by atoms with van der Waals surface area (Å²) < 4.78 is 0. The first-order valence-corrected chi connectivity index (χ1v) is 9.84. The van der Waals surface area contributed by atoms with E-state index in [0.29, 0.717) is 29.7 Å². The summed E-state index contributed by atoms with van der Waals surface area (Å²) in [5.41, 5.74) is 2.88. The zero-order valence-corrected chi connectivity index (χ0v) is 17.1. The van der Waals surface area contributed by atoms with Crippen molar-refractivity contribution in [1.29, 1.82) is 0 Å². The Kier molecular flexibility index (Phi) is 4.68. The third kappa shape index (κ3) is 3.36. The van der Waals surface area contributed by atoms with Crippen molar-refractivity contribution in [3.8, 4) is 0 Å². The molecule has 0 spiro atoms. The van der Waals surface area contributed by atoms with Crippen molar-refractivity contribution in [3.05, 3.63) is 75.5 Å². The number of benzene rings is 2. The molecule has 4 rings (SSSR count). The standard InChI is InChI=1S/C23H23N3O4/c1-14(27)25-19-10-5-4-9-17(19)24-18-12-23(2,3)13-20(28)21(18)22(25)15-7-6-8-16(11-15)26(29)30/h4-11,22,24H,12-13H2,1-3H3/t22-/m0/s1. The van der Waals surface area contributed by atoms with Crippen molar-refractivity contribution in [2.75, 3.05) is 10.2 Å². The van der Waals surface area contributed by atoms with E-state index in [1.807, 2.05) is 38.1 Å². The van der Waals surface area contributed by atoms with E-state index < -0.39 is 11.0 Å². The van der Waals surface area contributed by atoms with Gasteiger partial charge in [0.1, 0.15) is 0 Å². The van der Waals surface area contributed by atoms with Crippen LogP contribution in [0.2, 0.25) is 0 Å². The van der Waals surface area contributed by atoms with Crippen LogP contribution in [0.1, 0.15) is 45.2 Å². The first-order valence-electron chi connectivity index (χ1n) is 9.84. The lowest BCUT2D eigenvalue weighted by atomic mass is 9.73. The number of non-ortho nitro benzene ring substituents is 1. The number of amides is 1. The molecule has 0 saturated heterocycles. The molecule has 2 aliphatic rings. The number of nitrogens with one attached hydrogen (secondary N) is 1. The molecule has 1 atom stereocenters. The first kappa shape index (κ1) is 19.8. The fourth-order valence-electron chi connectivity index (χ4n) is 4.46. The van der Waals surface area contributed by atoms with Gasteiger partial charge in [-0.15, -0.1) is 0 Å². The largest absolute Gasteiger partial charge is 0.357 e. The molecular formula is C23H23N3O4. The summed E-state index contributed by atoms with van der Waals surface area (Å²) in [6.45, 7) is 5.53. The third-order valence-electron chi connectivity index (χ3n) is 5.64. The molecule has 30 heavy (non-hydrogen) atoms. The quantitative estimate of drug-likeness (QED) is 0.574. The summed E-state index contributed by atoms with van der Waals surface area (Å²) in [5, 5.41) is 14.8. The van der Waals surface area contributed by atoms with Crippen molar-refractivity contribution in [3.63, 3.8) is 0 Å². The first-order chi connectivity index (χ1) is 14.2. The molecule has 1 aliphatic heterocycles. The Labute approximate surface area is 174 Å². The van der Waals surface area contributed by atoms with E-state index >= 15 is 0 Å². The van der Waals surface area contributed by atoms with Crippen molar-refractivity contribution < 1.29 is 14.5 Å². The molecule has 0 radical (unpaired) electrons. The molecule has 2 aromatic rings. The van der Waals surface area contributed by atoms with Crippen LogP contribution in [0.25, 0.3) is 0 Å². The highest BCUT2D eigenvalue weighted by Crippen LogP contribution is 2.48. The Morgan fingerprint density at radius 3 is 2.60 bits per heavy atom. The SMILES string of the molecule is CC(=O)N1c2ccccc2NC2=C(C(=O)CC(C)(C)C2)[C@@H]1c1cccc([N+](=O)[O-])c1. The van der Waals surface area contributed by atoms with E-state index in [1.54, 1.807) is 17.0 Å². The number of hydrogen-bond donors (Lipinski definition) is 1. The summed E-state index contributed by atoms with van der Waals surface area (Å²) in [7, 11) is 0. The van der Waals surface area contributed by atoms with Crippen LogP contribution in [0.15, 0.2) is 59.8 Å². The third-order valence-corrected chi connectivity index (χ3v) is 5.64. The lowest BCUT2D eigenvalue weighted by Crippen LogP contribution is -2.38. The predicted octanol–water partition coefficient (Wildman–Crippen LogP) is 4.76. The van der Waals surface area contributed by atoms with Gasteiger partial charge in [-0.05, 0) is 29.5 Å². The molecule has 1 heterocycles. The van der Waals surface area contributed by atoms with Crippen molar-refractivity contribution in [2.45, 2.75) is 39.7 Å². The topological polar surface area (TPSA) is 92.6 Å². The second kappa shape index (κ2) is 7.09. The molecule has 0 fully saturated rings. The van der Waals surface area contributed by atoms with E-state index in [2.05, 4.69) is 5.32 Å². The number of ketones is 1. The molecule has 0 aromatic heterocycles. The molecule has 0 saturated carbocycles. The molecule has 1 N–H and O–H groups in total. The van der Waals surface area contributed by atoms with Crippen molar-refractivity contribution in [1.82, 2.24) is 0 Å². The number of rotatable bonds is 2. The summed E-state index contributed by atoms with van der Waals surface area (Å²) >= 11 is 0. The Morgan fingerprint density at radius 1 is 1.17 bits per heavy atom. The number of Topliss-reactive ketones (excluding diaryl/α,β-unsaturated/α-hetero) is 1. The summed E-state index contributed by atoms with van der Waals surface area (Å²) in [6, 6.07) is 12.8. The smallest absolute Gasteiger partial charge is 0.269 e. The van der Waals surface area contributed by atoms with E-state index in [9.17, 15) is 19.7 Å². The minimum absolute atomic E-state index is 0.0516. The minimum Gasteiger partial charge on any atom is -0.357 e. The van der Waals surface area contributed by atoms with Gasteiger partial charge in [-0.3, -0.25) is 24.6 Å². The maximum atomic E-state index is 13.3. The highest BCUT2D eigenvalue weighted by molar-refractivity contribution is 6.05. The second-order valence-electron chi connectivity index (χ2n) is 8.62. The van der Waals surface area contributed by atoms with E-state index in [-0.39, 0.29) is 22.8 Å². The van der Waals surface area contributed by atoms with Crippen molar-refractivity contribution in [2.24, 2.45) is 5.41 Å². The van der Waals surface area contributed by atoms with E-state index in [1.165, 1.54) is 19.1 Å². The maximum absolute atomic E-state index is 13.3. The molecule has 1 aliphatic carbocycles. The normalized spacial score (nSPS) is 20.0. The molecule has 1 amide bonds. The van der Waals surface area contributed by atoms with Gasteiger partial charge in [0.05, 0.1) is 22.3 Å². The minimum atomic E-state index is -0.739. The van der Waals surface area contributed by atoms with Gasteiger partial charge < -0.3 is 5.32 Å². The zero-order chi connectivity index (χ0) is 21.6. The average Bonchev–Trinajstić information content (AvgIpc) is 2.81. The number of para-hydroxylation sites is 2. The molecule has 7 heteroatoms. The molecule has 0 unspecified atom stereocenters. The van der Waals surface area contributed by atoms with Crippen LogP contribution < -0.4 is 10.2 Å². The molecule has 0 bridgehead atoms. The van der Waals surface area contributed by atoms with Crippen LogP contribution in [-0.4, -0.2) is 16.6 Å². The number of carbonyl (C=O) groups is 2. The number of hydrogen-bond acceptors (Lipinski definition) is 5. The van der Waals surface area contributed by atoms with Crippen LogP contribution in [0.5, 0.6) is 0 Å². The van der Waals surface area contributed by atoms with Gasteiger partial charge in [-0.25, -0.2) is 0 Å². The molecular weight excluding hydrogens is 382 g/mol. The van der Waals surface area contributed by atoms with Crippen LogP contribution >= 0.6 is 0 Å². The van der Waals surface area contributed by atoms with Gasteiger partial charge in [0.2, 0.25) is 5.91 Å². The number of nitrogens with zero attached hydrogens (tertiary/aromatic N) is 2. The fraction of sp³-hybridized carbons (Fsp3) is 0.304. The number of anilines is 2. The van der Waals surface area contributed by atoms with Gasteiger partial charge in [-0.1, -0.05) is 38.1 Å². The van der Waals surface area contributed by atoms with E-state index in [0.717, 1.165) is 11.4 Å². The zero-order valence-electron chi connectivity index (χ0n) is 17.1. The van der Waals surface area contributed by atoms with Crippen LogP contribution in [0.4, 0.5) is 17.1 Å². The lowest BCUT2D eigenvalue weighted by Gasteiger charge is -2.36. The predicted molar refractivity (Wildman–Crippen MR) is 114 cm³/mol. The molecule has 7 nitrogen and oxygen atoms in total. The van der Waals surface area contributed by atoms with Gasteiger partial charge in [0.15, 0.2) is 5.78 Å². The molecule has 154 valence electrons. The number of nitro benzene ring substituents is 1. The Hall–Kier alpha value is -3.48. The van der Waals surface area contributed by atoms with Gasteiger partial charge in [0, 0.05) is 36.7 Å². The summed E-state index contributed by atoms with van der Waals surface area (Å²) in [5.74, 6) is -0.295. The van der Waals surface area contributed by atoms with Gasteiger partial charge in [0.25, 0.3) is 5.69 Å². The lowest BCUT2D eigenvalue weighted by molar-refractivity contribution is -0.384. The summed E-state index contributed by atoms with van der Waals surface area (Å²) in [6.07, 6.45) is 0.987. The van der Waals surface area contributed by atoms with Crippen LogP contribution in [0, 0.1) is 15.5 Å². The van der Waals surface area contributed by atoms with Gasteiger partial charge >= 0.3 is 0 Å². The Balaban J connectivity index is 2.02. The Morgan fingerprint density at radius 2 is 1.90 bits per heavy atom. The van der Waals surface area contributed by atoms with Gasteiger partial charge in [-0.2, -0.15) is 0 Å². The number of fused-ring (bicyclic) bond motifs is 1. The second-order valence-corrected chi connectivity index (χ2v) is 8.62. The average molecular weight is 405 g/mol.